The molecule has 0 spiro atoms. The van der Waals surface area contributed by atoms with Gasteiger partial charge < -0.3 is 10.1 Å². The fourth-order valence-electron chi connectivity index (χ4n) is 2.34. The summed E-state index contributed by atoms with van der Waals surface area (Å²) in [7, 11) is 0. The fourth-order valence-corrected chi connectivity index (χ4v) is 2.54. The summed E-state index contributed by atoms with van der Waals surface area (Å²) in [6, 6.07) is 15.0. The lowest BCUT2D eigenvalue weighted by Gasteiger charge is -2.13. The van der Waals surface area contributed by atoms with Gasteiger partial charge in [0.05, 0.1) is 6.61 Å². The Kier molecular flexibility index (Phi) is 7.41. The number of hydrogen-bond donors (Lipinski definition) is 2. The van der Waals surface area contributed by atoms with Crippen molar-refractivity contribution in [3.8, 4) is 5.75 Å². The first-order valence-corrected chi connectivity index (χ1v) is 8.98. The van der Waals surface area contributed by atoms with Crippen LogP contribution in [0, 0.1) is 0 Å². The van der Waals surface area contributed by atoms with Gasteiger partial charge in [0.25, 0.3) is 5.91 Å². The van der Waals surface area contributed by atoms with Crippen LogP contribution in [-0.4, -0.2) is 17.6 Å². The van der Waals surface area contributed by atoms with Crippen molar-refractivity contribution < 1.29 is 9.53 Å². The van der Waals surface area contributed by atoms with Crippen molar-refractivity contribution in [2.24, 2.45) is 0 Å². The van der Waals surface area contributed by atoms with Crippen molar-refractivity contribution >= 4 is 28.9 Å². The van der Waals surface area contributed by atoms with Crippen molar-refractivity contribution in [3.63, 3.8) is 0 Å². The summed E-state index contributed by atoms with van der Waals surface area (Å²) in [6.45, 7) is 4.83. The summed E-state index contributed by atoms with van der Waals surface area (Å²) >= 11 is 5.26. The summed E-state index contributed by atoms with van der Waals surface area (Å²) in [5, 5.41) is 6.08. The predicted octanol–water partition coefficient (Wildman–Crippen LogP) is 4.55. The standard InChI is InChI=1S/C20H24N2O2S/c1-3-5-13-24-17-11-8-10-16(14-17)19(23)22-20(25)21-18-12-7-6-9-15(18)4-2/h6-12,14H,3-5,13H2,1-2H3,(H2,21,22,23,25). The molecule has 132 valence electrons. The maximum atomic E-state index is 12.4. The Balaban J connectivity index is 1.97. The molecule has 0 unspecified atom stereocenters. The van der Waals surface area contributed by atoms with E-state index in [4.69, 9.17) is 17.0 Å². The number of hydrogen-bond acceptors (Lipinski definition) is 3. The third kappa shape index (κ3) is 5.87. The second kappa shape index (κ2) is 9.79. The number of anilines is 1. The summed E-state index contributed by atoms with van der Waals surface area (Å²) in [5.41, 5.74) is 2.57. The van der Waals surface area contributed by atoms with E-state index in [2.05, 4.69) is 24.5 Å². The Hall–Kier alpha value is -2.40. The Bertz CT molecular complexity index is 731. The number of ether oxygens (including phenoxy) is 1. The van der Waals surface area contributed by atoms with Crippen LogP contribution in [-0.2, 0) is 6.42 Å². The number of amides is 1. The molecule has 0 saturated heterocycles. The van der Waals surface area contributed by atoms with Crippen molar-refractivity contribution in [3.05, 3.63) is 59.7 Å². The number of nitrogens with one attached hydrogen (secondary N) is 2. The first-order valence-electron chi connectivity index (χ1n) is 8.57. The first-order chi connectivity index (χ1) is 12.1. The van der Waals surface area contributed by atoms with Gasteiger partial charge in [0, 0.05) is 11.3 Å². The van der Waals surface area contributed by atoms with Gasteiger partial charge in [-0.15, -0.1) is 0 Å². The number of aryl methyl sites for hydroxylation is 1. The number of rotatable bonds is 7. The van der Waals surface area contributed by atoms with Gasteiger partial charge in [0.15, 0.2) is 5.11 Å². The lowest BCUT2D eigenvalue weighted by atomic mass is 10.1. The van der Waals surface area contributed by atoms with E-state index in [9.17, 15) is 4.79 Å². The van der Waals surface area contributed by atoms with Gasteiger partial charge in [0.2, 0.25) is 0 Å². The maximum absolute atomic E-state index is 12.4. The third-order valence-corrected chi connectivity index (χ3v) is 3.94. The number of carbonyl (C=O) groups is 1. The second-order valence-electron chi connectivity index (χ2n) is 5.65. The zero-order valence-corrected chi connectivity index (χ0v) is 15.5. The highest BCUT2D eigenvalue weighted by Crippen LogP contribution is 2.16. The average Bonchev–Trinajstić information content (AvgIpc) is 2.62. The van der Waals surface area contributed by atoms with Gasteiger partial charge in [0.1, 0.15) is 5.75 Å². The number of thiocarbonyl (C=S) groups is 1. The van der Waals surface area contributed by atoms with E-state index in [-0.39, 0.29) is 11.0 Å². The molecule has 2 aromatic carbocycles. The Labute approximate surface area is 154 Å². The smallest absolute Gasteiger partial charge is 0.257 e. The molecule has 0 aliphatic rings. The molecule has 25 heavy (non-hydrogen) atoms. The number of para-hydroxylation sites is 1. The van der Waals surface area contributed by atoms with Crippen molar-refractivity contribution in [1.29, 1.82) is 0 Å². The minimum Gasteiger partial charge on any atom is -0.494 e. The molecule has 0 fully saturated rings. The number of benzene rings is 2. The first kappa shape index (κ1) is 18.9. The van der Waals surface area contributed by atoms with Crippen molar-refractivity contribution in [2.75, 3.05) is 11.9 Å². The molecular weight excluding hydrogens is 332 g/mol. The van der Waals surface area contributed by atoms with Crippen LogP contribution >= 0.6 is 12.2 Å². The molecule has 1 amide bonds. The molecule has 4 nitrogen and oxygen atoms in total. The summed E-state index contributed by atoms with van der Waals surface area (Å²) in [5.74, 6) is 0.434. The molecule has 0 heterocycles. The van der Waals surface area contributed by atoms with Crippen LogP contribution in [0.15, 0.2) is 48.5 Å². The molecule has 0 bridgehead atoms. The van der Waals surface area contributed by atoms with E-state index in [1.54, 1.807) is 18.2 Å². The minimum absolute atomic E-state index is 0.257. The summed E-state index contributed by atoms with van der Waals surface area (Å²) < 4.78 is 5.64. The topological polar surface area (TPSA) is 50.4 Å². The van der Waals surface area contributed by atoms with Gasteiger partial charge in [-0.05, 0) is 54.9 Å². The maximum Gasteiger partial charge on any atom is 0.257 e. The third-order valence-electron chi connectivity index (χ3n) is 3.74. The molecule has 5 heteroatoms. The Morgan fingerprint density at radius 3 is 2.68 bits per heavy atom. The van der Waals surface area contributed by atoms with Crippen LogP contribution in [0.4, 0.5) is 5.69 Å². The zero-order valence-electron chi connectivity index (χ0n) is 14.7. The lowest BCUT2D eigenvalue weighted by Crippen LogP contribution is -2.34. The minimum atomic E-state index is -0.257. The van der Waals surface area contributed by atoms with Gasteiger partial charge >= 0.3 is 0 Å². The molecule has 2 N–H and O–H groups in total. The van der Waals surface area contributed by atoms with Gasteiger partial charge in [-0.2, -0.15) is 0 Å². The van der Waals surface area contributed by atoms with Crippen LogP contribution in [0.5, 0.6) is 5.75 Å². The van der Waals surface area contributed by atoms with E-state index in [0.29, 0.717) is 17.9 Å². The molecule has 0 radical (unpaired) electrons. The highest BCUT2D eigenvalue weighted by Gasteiger charge is 2.10. The monoisotopic (exact) mass is 356 g/mol. The molecule has 0 saturated carbocycles. The SMILES string of the molecule is CCCCOc1cccc(C(=O)NC(=S)Nc2ccccc2CC)c1. The summed E-state index contributed by atoms with van der Waals surface area (Å²) in [6.07, 6.45) is 2.94. The van der Waals surface area contributed by atoms with Gasteiger partial charge in [-0.25, -0.2) is 0 Å². The quantitative estimate of drug-likeness (QED) is 0.564. The molecule has 0 aromatic heterocycles. The van der Waals surface area contributed by atoms with Crippen LogP contribution in [0.25, 0.3) is 0 Å². The van der Waals surface area contributed by atoms with Gasteiger partial charge in [-0.1, -0.05) is 44.5 Å². The van der Waals surface area contributed by atoms with Crippen molar-refractivity contribution in [1.82, 2.24) is 5.32 Å². The van der Waals surface area contributed by atoms with Gasteiger partial charge in [-0.3, -0.25) is 10.1 Å². The Morgan fingerprint density at radius 1 is 1.12 bits per heavy atom. The largest absolute Gasteiger partial charge is 0.494 e. The van der Waals surface area contributed by atoms with E-state index in [1.165, 1.54) is 0 Å². The van der Waals surface area contributed by atoms with Crippen LogP contribution < -0.4 is 15.4 Å². The van der Waals surface area contributed by atoms with Crippen molar-refractivity contribution in [2.45, 2.75) is 33.1 Å². The zero-order chi connectivity index (χ0) is 18.1. The summed E-state index contributed by atoms with van der Waals surface area (Å²) in [4.78, 5) is 12.4. The molecular formula is C20H24N2O2S. The van der Waals surface area contributed by atoms with Crippen LogP contribution in [0.3, 0.4) is 0 Å². The lowest BCUT2D eigenvalue weighted by molar-refractivity contribution is 0.0977. The normalized spacial score (nSPS) is 10.2. The number of carbonyl (C=O) groups excluding carboxylic acids is 1. The molecule has 2 rings (SSSR count). The van der Waals surface area contributed by atoms with E-state index in [0.717, 1.165) is 30.5 Å². The Morgan fingerprint density at radius 2 is 1.92 bits per heavy atom. The number of unbranched alkanes of at least 4 members (excludes halogenated alkanes) is 1. The fraction of sp³-hybridized carbons (Fsp3) is 0.300. The molecule has 0 atom stereocenters. The molecule has 0 aliphatic heterocycles. The molecule has 2 aromatic rings. The van der Waals surface area contributed by atoms with Crippen LogP contribution in [0.1, 0.15) is 42.6 Å². The van der Waals surface area contributed by atoms with E-state index >= 15 is 0 Å². The highest BCUT2D eigenvalue weighted by molar-refractivity contribution is 7.80. The highest BCUT2D eigenvalue weighted by atomic mass is 32.1. The van der Waals surface area contributed by atoms with E-state index < -0.39 is 0 Å². The average molecular weight is 356 g/mol. The second-order valence-corrected chi connectivity index (χ2v) is 6.06. The molecule has 0 aliphatic carbocycles. The van der Waals surface area contributed by atoms with Crippen LogP contribution in [0.2, 0.25) is 0 Å². The van der Waals surface area contributed by atoms with E-state index in [1.807, 2.05) is 30.3 Å². The predicted molar refractivity (Wildman–Crippen MR) is 106 cm³/mol.